The third kappa shape index (κ3) is 4.76. The molecule has 128 valence electrons. The molecular weight excluding hydrogens is 405 g/mol. The molecule has 7 heteroatoms. The summed E-state index contributed by atoms with van der Waals surface area (Å²) in [6, 6.07) is 13.4. The summed E-state index contributed by atoms with van der Waals surface area (Å²) in [7, 11) is 0. The molecule has 4 nitrogen and oxygen atoms in total. The van der Waals surface area contributed by atoms with Crippen LogP contribution in [-0.4, -0.2) is 26.7 Å². The lowest BCUT2D eigenvalue weighted by molar-refractivity contribution is 0.0982. The maximum atomic E-state index is 12.9. The third-order valence-electron chi connectivity index (χ3n) is 3.54. The fraction of sp³-hybridized carbons (Fsp3) is 0.167. The lowest BCUT2D eigenvalue weighted by Crippen LogP contribution is -1.99. The molecule has 25 heavy (non-hydrogen) atoms. The Bertz CT molecular complexity index is 867. The molecule has 0 fully saturated rings. The predicted molar refractivity (Wildman–Crippen MR) is 100 cm³/mol. The second kappa shape index (κ2) is 8.40. The quantitative estimate of drug-likeness (QED) is 0.327. The molecule has 0 spiro atoms. The van der Waals surface area contributed by atoms with Gasteiger partial charge in [0.25, 0.3) is 0 Å². The van der Waals surface area contributed by atoms with Gasteiger partial charge in [-0.15, -0.1) is 5.10 Å². The summed E-state index contributed by atoms with van der Waals surface area (Å²) >= 11 is 4.99. The molecule has 0 amide bonds. The standard InChI is InChI=1S/C18H15BrFN3OS/c19-15-5-2-1-4-14(15)17-21-18(23-22-17)25-11-3-6-16(24)12-7-9-13(20)10-8-12/h1-2,4-5,7-10H,3,6,11H2,(H,21,22,23). The Morgan fingerprint density at radius 1 is 1.16 bits per heavy atom. The number of nitrogens with zero attached hydrogens (tertiary/aromatic N) is 2. The molecule has 3 aromatic rings. The van der Waals surface area contributed by atoms with E-state index >= 15 is 0 Å². The summed E-state index contributed by atoms with van der Waals surface area (Å²) in [5.41, 5.74) is 1.49. The Balaban J connectivity index is 1.49. The Morgan fingerprint density at radius 3 is 2.68 bits per heavy atom. The number of nitrogens with one attached hydrogen (secondary N) is 1. The van der Waals surface area contributed by atoms with Crippen LogP contribution >= 0.6 is 27.7 Å². The fourth-order valence-corrected chi connectivity index (χ4v) is 3.47. The van der Waals surface area contributed by atoms with Crippen LogP contribution in [0.15, 0.2) is 58.2 Å². The van der Waals surface area contributed by atoms with Crippen LogP contribution in [0.3, 0.4) is 0 Å². The monoisotopic (exact) mass is 419 g/mol. The number of carbonyl (C=O) groups excluding carboxylic acids is 1. The Hall–Kier alpha value is -1.99. The van der Waals surface area contributed by atoms with E-state index in [4.69, 9.17) is 0 Å². The van der Waals surface area contributed by atoms with E-state index in [1.807, 2.05) is 24.3 Å². The summed E-state index contributed by atoms with van der Waals surface area (Å²) in [6.45, 7) is 0. The second-order valence-corrected chi connectivity index (χ2v) is 7.24. The lowest BCUT2D eigenvalue weighted by atomic mass is 10.1. The van der Waals surface area contributed by atoms with Gasteiger partial charge in [0.15, 0.2) is 11.6 Å². The largest absolute Gasteiger partial charge is 0.294 e. The molecule has 0 aliphatic rings. The van der Waals surface area contributed by atoms with Gasteiger partial charge in [0.1, 0.15) is 5.82 Å². The highest BCUT2D eigenvalue weighted by molar-refractivity contribution is 9.10. The Labute approximate surface area is 157 Å². The van der Waals surface area contributed by atoms with Gasteiger partial charge in [-0.25, -0.2) is 9.37 Å². The van der Waals surface area contributed by atoms with Crippen molar-refractivity contribution in [2.45, 2.75) is 18.0 Å². The van der Waals surface area contributed by atoms with Crippen molar-refractivity contribution < 1.29 is 9.18 Å². The highest BCUT2D eigenvalue weighted by Gasteiger charge is 2.10. The van der Waals surface area contributed by atoms with Crippen LogP contribution in [0, 0.1) is 5.82 Å². The van der Waals surface area contributed by atoms with Crippen LogP contribution in [0.5, 0.6) is 0 Å². The van der Waals surface area contributed by atoms with Crippen LogP contribution in [0.2, 0.25) is 0 Å². The Kier molecular flexibility index (Phi) is 5.99. The van der Waals surface area contributed by atoms with Gasteiger partial charge in [0.05, 0.1) is 0 Å². The minimum atomic E-state index is -0.336. The number of benzene rings is 2. The van der Waals surface area contributed by atoms with Crippen molar-refractivity contribution in [3.63, 3.8) is 0 Å². The van der Waals surface area contributed by atoms with Crippen molar-refractivity contribution in [2.75, 3.05) is 5.75 Å². The van der Waals surface area contributed by atoms with Crippen LogP contribution < -0.4 is 0 Å². The molecule has 0 bridgehead atoms. The topological polar surface area (TPSA) is 58.6 Å². The van der Waals surface area contributed by atoms with Crippen LogP contribution in [0.1, 0.15) is 23.2 Å². The number of H-pyrrole nitrogens is 1. The molecule has 0 atom stereocenters. The number of Topliss-reactive ketones (excluding diaryl/α,β-unsaturated/α-hetero) is 1. The van der Waals surface area contributed by atoms with Crippen molar-refractivity contribution in [3.05, 3.63) is 64.4 Å². The van der Waals surface area contributed by atoms with Gasteiger partial charge in [-0.05, 0) is 36.8 Å². The number of thioether (sulfide) groups is 1. The van der Waals surface area contributed by atoms with E-state index in [9.17, 15) is 9.18 Å². The first-order chi connectivity index (χ1) is 12.1. The van der Waals surface area contributed by atoms with Gasteiger partial charge in [-0.3, -0.25) is 9.89 Å². The van der Waals surface area contributed by atoms with Gasteiger partial charge in [0.2, 0.25) is 5.16 Å². The number of carbonyl (C=O) groups is 1. The predicted octanol–water partition coefficient (Wildman–Crippen LogP) is 5.13. The van der Waals surface area contributed by atoms with E-state index in [0.717, 1.165) is 15.8 Å². The molecule has 0 radical (unpaired) electrons. The molecule has 0 unspecified atom stereocenters. The van der Waals surface area contributed by atoms with Crippen LogP contribution in [-0.2, 0) is 0 Å². The number of halogens is 2. The molecule has 1 N–H and O–H groups in total. The molecule has 0 aliphatic heterocycles. The first kappa shape index (κ1) is 17.8. The average molecular weight is 420 g/mol. The van der Waals surface area contributed by atoms with Gasteiger partial charge < -0.3 is 0 Å². The average Bonchev–Trinajstić information content (AvgIpc) is 3.08. The van der Waals surface area contributed by atoms with Crippen molar-refractivity contribution >= 4 is 33.5 Å². The van der Waals surface area contributed by atoms with Gasteiger partial charge in [-0.2, -0.15) is 0 Å². The van der Waals surface area contributed by atoms with E-state index < -0.39 is 0 Å². The highest BCUT2D eigenvalue weighted by atomic mass is 79.9. The van der Waals surface area contributed by atoms with Crippen molar-refractivity contribution in [1.82, 2.24) is 15.2 Å². The number of rotatable bonds is 7. The summed E-state index contributed by atoms with van der Waals surface area (Å²) in [4.78, 5) is 16.5. The summed E-state index contributed by atoms with van der Waals surface area (Å²) in [6.07, 6.45) is 1.12. The van der Waals surface area contributed by atoms with E-state index in [-0.39, 0.29) is 11.6 Å². The number of aromatic nitrogens is 3. The number of hydrogen-bond acceptors (Lipinski definition) is 4. The zero-order chi connectivity index (χ0) is 17.6. The molecule has 1 aromatic heterocycles. The lowest BCUT2D eigenvalue weighted by Gasteiger charge is -2.00. The van der Waals surface area contributed by atoms with Gasteiger partial charge >= 0.3 is 0 Å². The van der Waals surface area contributed by atoms with Crippen LogP contribution in [0.4, 0.5) is 4.39 Å². The summed E-state index contributed by atoms with van der Waals surface area (Å²) < 4.78 is 13.8. The number of ketones is 1. The maximum absolute atomic E-state index is 12.9. The zero-order valence-corrected chi connectivity index (χ0v) is 15.6. The number of hydrogen-bond donors (Lipinski definition) is 1. The van der Waals surface area contributed by atoms with Gasteiger partial charge in [0, 0.05) is 27.8 Å². The molecule has 3 rings (SSSR count). The Morgan fingerprint density at radius 2 is 1.92 bits per heavy atom. The molecule has 1 heterocycles. The smallest absolute Gasteiger partial charge is 0.208 e. The highest BCUT2D eigenvalue weighted by Crippen LogP contribution is 2.26. The minimum absolute atomic E-state index is 0.0180. The van der Waals surface area contributed by atoms with E-state index in [1.165, 1.54) is 36.0 Å². The van der Waals surface area contributed by atoms with E-state index in [1.54, 1.807) is 0 Å². The minimum Gasteiger partial charge on any atom is -0.294 e. The zero-order valence-electron chi connectivity index (χ0n) is 13.2. The van der Waals surface area contributed by atoms with Crippen molar-refractivity contribution in [2.24, 2.45) is 0 Å². The fourth-order valence-electron chi connectivity index (χ4n) is 2.26. The third-order valence-corrected chi connectivity index (χ3v) is 5.16. The van der Waals surface area contributed by atoms with Crippen LogP contribution in [0.25, 0.3) is 11.4 Å². The molecule has 0 saturated carbocycles. The summed E-state index contributed by atoms with van der Waals surface area (Å²) in [5.74, 6) is 1.12. The second-order valence-electron chi connectivity index (χ2n) is 5.33. The molecular formula is C18H15BrFN3OS. The van der Waals surface area contributed by atoms with Crippen molar-refractivity contribution in [3.8, 4) is 11.4 Å². The maximum Gasteiger partial charge on any atom is 0.208 e. The first-order valence-corrected chi connectivity index (χ1v) is 9.50. The van der Waals surface area contributed by atoms with E-state index in [0.29, 0.717) is 29.4 Å². The van der Waals surface area contributed by atoms with Crippen molar-refractivity contribution in [1.29, 1.82) is 0 Å². The molecule has 0 aliphatic carbocycles. The molecule has 2 aromatic carbocycles. The number of aromatic amines is 1. The normalized spacial score (nSPS) is 10.8. The van der Waals surface area contributed by atoms with Gasteiger partial charge in [-0.1, -0.05) is 45.9 Å². The first-order valence-electron chi connectivity index (χ1n) is 7.72. The summed E-state index contributed by atoms with van der Waals surface area (Å²) in [5, 5.41) is 7.78. The van der Waals surface area contributed by atoms with E-state index in [2.05, 4.69) is 31.1 Å². The molecule has 0 saturated heterocycles. The SMILES string of the molecule is O=C(CCCSc1n[nH]c(-c2ccccc2Br)n1)c1ccc(F)cc1.